The molecule has 3 nitrogen and oxygen atoms in total. The molecule has 7 heteroatoms. The summed E-state index contributed by atoms with van der Waals surface area (Å²) in [6.07, 6.45) is -4.47. The van der Waals surface area contributed by atoms with Crippen molar-refractivity contribution in [3.63, 3.8) is 0 Å². The average Bonchev–Trinajstić information content (AvgIpc) is 2.35. The van der Waals surface area contributed by atoms with Gasteiger partial charge in [-0.3, -0.25) is 4.79 Å². The second kappa shape index (κ2) is 6.69. The molecule has 0 saturated heterocycles. The molecule has 0 aliphatic rings. The molecule has 0 radical (unpaired) electrons. The Labute approximate surface area is 120 Å². The molecule has 0 atom stereocenters. The maximum atomic E-state index is 12.3. The first-order valence-electron chi connectivity index (χ1n) is 5.96. The van der Waals surface area contributed by atoms with Crippen LogP contribution in [0.2, 0.25) is 0 Å². The van der Waals surface area contributed by atoms with E-state index in [9.17, 15) is 18.0 Å². The highest BCUT2D eigenvalue weighted by atomic mass is 32.1. The number of hydrogen-bond donors (Lipinski definition) is 1. The van der Waals surface area contributed by atoms with Crippen LogP contribution in [0.25, 0.3) is 0 Å². The molecule has 0 fully saturated rings. The van der Waals surface area contributed by atoms with Crippen LogP contribution in [-0.4, -0.2) is 35.1 Å². The summed E-state index contributed by atoms with van der Waals surface area (Å²) >= 11 is 4.79. The number of thiocarbonyl (C=S) groups is 1. The van der Waals surface area contributed by atoms with Crippen LogP contribution in [0.3, 0.4) is 0 Å². The Morgan fingerprint density at radius 1 is 1.30 bits per heavy atom. The van der Waals surface area contributed by atoms with Crippen molar-refractivity contribution in [1.29, 1.82) is 0 Å². The summed E-state index contributed by atoms with van der Waals surface area (Å²) < 4.78 is 36.9. The molecule has 0 aliphatic carbocycles. The van der Waals surface area contributed by atoms with E-state index in [1.165, 1.54) is 6.92 Å². The van der Waals surface area contributed by atoms with E-state index < -0.39 is 18.6 Å². The maximum Gasteiger partial charge on any atom is 0.406 e. The summed E-state index contributed by atoms with van der Waals surface area (Å²) in [5, 5.41) is 0. The third kappa shape index (κ3) is 5.16. The summed E-state index contributed by atoms with van der Waals surface area (Å²) in [6.45, 7) is 0.302. The van der Waals surface area contributed by atoms with E-state index in [2.05, 4.69) is 0 Å². The van der Waals surface area contributed by atoms with Gasteiger partial charge in [-0.2, -0.15) is 13.2 Å². The van der Waals surface area contributed by atoms with Gasteiger partial charge in [0.25, 0.3) is 0 Å². The predicted molar refractivity (Wildman–Crippen MR) is 74.3 cm³/mol. The van der Waals surface area contributed by atoms with Crippen molar-refractivity contribution in [3.05, 3.63) is 35.4 Å². The van der Waals surface area contributed by atoms with Gasteiger partial charge in [0.1, 0.15) is 11.5 Å². The topological polar surface area (TPSA) is 46.3 Å². The molecule has 1 rings (SSSR count). The first-order valence-corrected chi connectivity index (χ1v) is 6.37. The molecule has 110 valence electrons. The van der Waals surface area contributed by atoms with Crippen molar-refractivity contribution >= 4 is 23.1 Å². The maximum absolute atomic E-state index is 12.3. The van der Waals surface area contributed by atoms with E-state index in [1.54, 1.807) is 24.3 Å². The lowest BCUT2D eigenvalue weighted by Crippen LogP contribution is -2.39. The quantitative estimate of drug-likeness (QED) is 0.849. The molecule has 0 bridgehead atoms. The number of benzene rings is 1. The second-order valence-corrected chi connectivity index (χ2v) is 4.70. The van der Waals surface area contributed by atoms with Crippen LogP contribution in [0.1, 0.15) is 18.1 Å². The van der Waals surface area contributed by atoms with Crippen LogP contribution in [-0.2, 0) is 11.2 Å². The fourth-order valence-electron chi connectivity index (χ4n) is 1.67. The van der Waals surface area contributed by atoms with Crippen LogP contribution in [0.4, 0.5) is 13.2 Å². The van der Waals surface area contributed by atoms with Crippen molar-refractivity contribution in [2.45, 2.75) is 19.5 Å². The van der Waals surface area contributed by atoms with Crippen LogP contribution < -0.4 is 5.73 Å². The normalized spacial score (nSPS) is 11.2. The summed E-state index contributed by atoms with van der Waals surface area (Å²) in [5.74, 6) is -0.562. The number of halogens is 3. The molecule has 0 spiro atoms. The summed E-state index contributed by atoms with van der Waals surface area (Å²) in [6, 6.07) is 6.55. The first-order chi connectivity index (χ1) is 9.23. The van der Waals surface area contributed by atoms with Gasteiger partial charge < -0.3 is 10.6 Å². The number of carbonyl (C=O) groups excluding carboxylic acids is 1. The Morgan fingerprint density at radius 2 is 1.85 bits per heavy atom. The van der Waals surface area contributed by atoms with E-state index in [0.717, 1.165) is 4.90 Å². The Bertz CT molecular complexity index is 485. The number of rotatable bonds is 5. The van der Waals surface area contributed by atoms with Crippen molar-refractivity contribution in [2.24, 2.45) is 5.73 Å². The number of hydrogen-bond acceptors (Lipinski definition) is 2. The third-order valence-electron chi connectivity index (χ3n) is 2.70. The lowest BCUT2D eigenvalue weighted by Gasteiger charge is -2.22. The van der Waals surface area contributed by atoms with Crippen LogP contribution in [0, 0.1) is 0 Å². The molecule has 1 aromatic rings. The second-order valence-electron chi connectivity index (χ2n) is 4.26. The van der Waals surface area contributed by atoms with Crippen molar-refractivity contribution in [1.82, 2.24) is 4.90 Å². The fourth-order valence-corrected chi connectivity index (χ4v) is 1.80. The van der Waals surface area contributed by atoms with Crippen LogP contribution in [0.15, 0.2) is 24.3 Å². The van der Waals surface area contributed by atoms with E-state index in [1.807, 2.05) is 0 Å². The van der Waals surface area contributed by atoms with Crippen LogP contribution in [0.5, 0.6) is 0 Å². The number of amides is 1. The zero-order valence-corrected chi connectivity index (χ0v) is 11.7. The van der Waals surface area contributed by atoms with Gasteiger partial charge in [0.2, 0.25) is 5.91 Å². The standard InChI is InChI=1S/C13H15F3N2OS/c1-2-18(8-13(14,15)16)11(19)7-9-3-5-10(6-4-9)12(17)20/h3-6H,2,7-8H2,1H3,(H2,17,20). The van der Waals surface area contributed by atoms with Gasteiger partial charge in [-0.25, -0.2) is 0 Å². The van der Waals surface area contributed by atoms with Gasteiger partial charge in [-0.15, -0.1) is 0 Å². The SMILES string of the molecule is CCN(CC(F)(F)F)C(=O)Cc1ccc(C(N)=S)cc1. The van der Waals surface area contributed by atoms with E-state index in [-0.39, 0.29) is 18.0 Å². The average molecular weight is 304 g/mol. The highest BCUT2D eigenvalue weighted by molar-refractivity contribution is 7.80. The molecule has 0 unspecified atom stereocenters. The minimum absolute atomic E-state index is 0.0172. The van der Waals surface area contributed by atoms with Gasteiger partial charge in [-0.1, -0.05) is 36.5 Å². The van der Waals surface area contributed by atoms with Crippen molar-refractivity contribution in [3.8, 4) is 0 Å². The van der Waals surface area contributed by atoms with E-state index >= 15 is 0 Å². The molecular formula is C13H15F3N2OS. The highest BCUT2D eigenvalue weighted by Gasteiger charge is 2.32. The third-order valence-corrected chi connectivity index (χ3v) is 2.93. The minimum Gasteiger partial charge on any atom is -0.389 e. The lowest BCUT2D eigenvalue weighted by atomic mass is 10.1. The lowest BCUT2D eigenvalue weighted by molar-refractivity contribution is -0.160. The van der Waals surface area contributed by atoms with Gasteiger partial charge in [0.15, 0.2) is 0 Å². The summed E-state index contributed by atoms with van der Waals surface area (Å²) in [4.78, 5) is 12.8. The Hall–Kier alpha value is -1.63. The van der Waals surface area contributed by atoms with Crippen molar-refractivity contribution in [2.75, 3.05) is 13.1 Å². The molecule has 0 aromatic heterocycles. The molecule has 1 aromatic carbocycles. The largest absolute Gasteiger partial charge is 0.406 e. The molecule has 2 N–H and O–H groups in total. The molecule has 20 heavy (non-hydrogen) atoms. The highest BCUT2D eigenvalue weighted by Crippen LogP contribution is 2.17. The monoisotopic (exact) mass is 304 g/mol. The number of nitrogens with zero attached hydrogens (tertiary/aromatic N) is 1. The van der Waals surface area contributed by atoms with E-state index in [0.29, 0.717) is 11.1 Å². The number of alkyl halides is 3. The summed E-state index contributed by atoms with van der Waals surface area (Å²) in [7, 11) is 0. The molecule has 0 aliphatic heterocycles. The summed E-state index contributed by atoms with van der Waals surface area (Å²) in [5.41, 5.74) is 6.71. The van der Waals surface area contributed by atoms with Gasteiger partial charge in [-0.05, 0) is 12.5 Å². The molecule has 0 saturated carbocycles. The van der Waals surface area contributed by atoms with Gasteiger partial charge >= 0.3 is 6.18 Å². The number of nitrogens with two attached hydrogens (primary N) is 1. The predicted octanol–water partition coefficient (Wildman–Crippen LogP) is 2.27. The zero-order chi connectivity index (χ0) is 15.3. The minimum atomic E-state index is -4.39. The first kappa shape index (κ1) is 16.4. The van der Waals surface area contributed by atoms with E-state index in [4.69, 9.17) is 18.0 Å². The smallest absolute Gasteiger partial charge is 0.389 e. The fraction of sp³-hybridized carbons (Fsp3) is 0.385. The zero-order valence-electron chi connectivity index (χ0n) is 10.9. The van der Waals surface area contributed by atoms with Crippen molar-refractivity contribution < 1.29 is 18.0 Å². The molecule has 0 heterocycles. The van der Waals surface area contributed by atoms with Gasteiger partial charge in [0.05, 0.1) is 6.42 Å². The van der Waals surface area contributed by atoms with Crippen LogP contribution >= 0.6 is 12.2 Å². The molecule has 1 amide bonds. The number of carbonyl (C=O) groups is 1. The van der Waals surface area contributed by atoms with Gasteiger partial charge in [0, 0.05) is 12.1 Å². The molecular weight excluding hydrogens is 289 g/mol. The Kier molecular flexibility index (Phi) is 5.50. The number of likely N-dealkylation sites (N-methyl/N-ethyl adjacent to an activating group) is 1. The Balaban J connectivity index is 2.71. The Morgan fingerprint density at radius 3 is 2.25 bits per heavy atom.